The van der Waals surface area contributed by atoms with Gasteiger partial charge in [0.25, 0.3) is 5.91 Å². The Morgan fingerprint density at radius 2 is 1.56 bits per heavy atom. The number of carbonyl (C=O) groups is 3. The first-order chi connectivity index (χ1) is 16.3. The first-order valence-electron chi connectivity index (χ1n) is 9.99. The van der Waals surface area contributed by atoms with Crippen molar-refractivity contribution in [3.8, 4) is 5.75 Å². The Balaban J connectivity index is 1.53. The van der Waals surface area contributed by atoms with Gasteiger partial charge in [-0.25, -0.2) is 5.43 Å². The van der Waals surface area contributed by atoms with Crippen molar-refractivity contribution >= 4 is 58.5 Å². The molecule has 0 aromatic heterocycles. The lowest BCUT2D eigenvalue weighted by Gasteiger charge is -2.10. The van der Waals surface area contributed by atoms with Gasteiger partial charge in [-0.15, -0.1) is 0 Å². The van der Waals surface area contributed by atoms with Gasteiger partial charge < -0.3 is 15.4 Å². The van der Waals surface area contributed by atoms with Crippen LogP contribution in [-0.2, 0) is 14.4 Å². The van der Waals surface area contributed by atoms with Crippen LogP contribution in [0.2, 0.25) is 10.0 Å². The Hall–Kier alpha value is -3.88. The molecule has 0 saturated heterocycles. The molecule has 3 aromatic rings. The van der Waals surface area contributed by atoms with E-state index in [1.54, 1.807) is 54.6 Å². The van der Waals surface area contributed by atoms with Gasteiger partial charge >= 0.3 is 11.8 Å². The summed E-state index contributed by atoms with van der Waals surface area (Å²) >= 11 is 11.9. The van der Waals surface area contributed by atoms with E-state index in [-0.39, 0.29) is 6.61 Å². The standard InChI is InChI=1S/C24H20Cl2N4O4/c1-15-6-8-19(9-7-15)29-23(32)24(33)30-27-13-16-4-2-3-5-21(16)34-14-22(31)28-20-11-17(25)10-18(26)12-20/h2-13H,14H2,1H3,(H,28,31)(H,29,32)(H,30,33)/b27-13-. The summed E-state index contributed by atoms with van der Waals surface area (Å²) in [6, 6.07) is 18.4. The summed E-state index contributed by atoms with van der Waals surface area (Å²) in [4.78, 5) is 36.2. The predicted octanol–water partition coefficient (Wildman–Crippen LogP) is 4.41. The summed E-state index contributed by atoms with van der Waals surface area (Å²) in [5.41, 5.74) is 4.60. The van der Waals surface area contributed by atoms with Crippen molar-refractivity contribution in [1.29, 1.82) is 0 Å². The molecule has 0 radical (unpaired) electrons. The molecular weight excluding hydrogens is 479 g/mol. The molecule has 0 aliphatic heterocycles. The number of rotatable bonds is 7. The van der Waals surface area contributed by atoms with Crippen LogP contribution in [0.3, 0.4) is 0 Å². The van der Waals surface area contributed by atoms with Crippen LogP contribution in [0.4, 0.5) is 11.4 Å². The zero-order valence-corrected chi connectivity index (χ0v) is 19.5. The zero-order valence-electron chi connectivity index (χ0n) is 18.0. The van der Waals surface area contributed by atoms with E-state index >= 15 is 0 Å². The number of hydrogen-bond acceptors (Lipinski definition) is 5. The number of benzene rings is 3. The first kappa shape index (κ1) is 24.8. The Morgan fingerprint density at radius 3 is 2.26 bits per heavy atom. The summed E-state index contributed by atoms with van der Waals surface area (Å²) < 4.78 is 5.56. The predicted molar refractivity (Wildman–Crippen MR) is 133 cm³/mol. The van der Waals surface area contributed by atoms with Crippen LogP contribution in [0.5, 0.6) is 5.75 Å². The van der Waals surface area contributed by atoms with Gasteiger partial charge in [-0.3, -0.25) is 14.4 Å². The number of amides is 3. The van der Waals surface area contributed by atoms with E-state index in [9.17, 15) is 14.4 Å². The van der Waals surface area contributed by atoms with E-state index in [1.165, 1.54) is 6.21 Å². The highest BCUT2D eigenvalue weighted by Gasteiger charge is 2.13. The molecule has 3 N–H and O–H groups in total. The molecule has 0 unspecified atom stereocenters. The molecule has 0 fully saturated rings. The molecule has 34 heavy (non-hydrogen) atoms. The van der Waals surface area contributed by atoms with Crippen molar-refractivity contribution in [3.63, 3.8) is 0 Å². The Bertz CT molecular complexity index is 1210. The van der Waals surface area contributed by atoms with Gasteiger partial charge in [-0.1, -0.05) is 53.0 Å². The second-order valence-electron chi connectivity index (χ2n) is 7.05. The maximum Gasteiger partial charge on any atom is 0.329 e. The second-order valence-corrected chi connectivity index (χ2v) is 7.92. The number of hydrogen-bond donors (Lipinski definition) is 3. The largest absolute Gasteiger partial charge is 0.483 e. The molecule has 0 atom stereocenters. The number of hydrazone groups is 1. The average Bonchev–Trinajstić information content (AvgIpc) is 2.79. The highest BCUT2D eigenvalue weighted by atomic mass is 35.5. The Morgan fingerprint density at radius 1 is 0.882 bits per heavy atom. The van der Waals surface area contributed by atoms with Crippen LogP contribution < -0.4 is 20.8 Å². The molecule has 0 heterocycles. The summed E-state index contributed by atoms with van der Waals surface area (Å²) in [6.07, 6.45) is 1.31. The highest BCUT2D eigenvalue weighted by molar-refractivity contribution is 6.39. The van der Waals surface area contributed by atoms with E-state index in [0.29, 0.717) is 32.7 Å². The number of halogens is 2. The van der Waals surface area contributed by atoms with Crippen molar-refractivity contribution < 1.29 is 19.1 Å². The maximum absolute atomic E-state index is 12.2. The third-order valence-electron chi connectivity index (χ3n) is 4.31. The monoisotopic (exact) mass is 498 g/mol. The van der Waals surface area contributed by atoms with Gasteiger partial charge in [0, 0.05) is 27.0 Å². The van der Waals surface area contributed by atoms with Gasteiger partial charge in [-0.05, 0) is 49.4 Å². The van der Waals surface area contributed by atoms with E-state index in [4.69, 9.17) is 27.9 Å². The molecule has 0 bridgehead atoms. The van der Waals surface area contributed by atoms with Gasteiger partial charge in [-0.2, -0.15) is 5.10 Å². The molecule has 3 aromatic carbocycles. The smallest absolute Gasteiger partial charge is 0.329 e. The lowest BCUT2D eigenvalue weighted by molar-refractivity contribution is -0.136. The number of anilines is 2. The molecule has 8 nitrogen and oxygen atoms in total. The summed E-state index contributed by atoms with van der Waals surface area (Å²) in [5.74, 6) is -1.87. The number of nitrogens with zero attached hydrogens (tertiary/aromatic N) is 1. The van der Waals surface area contributed by atoms with Crippen LogP contribution in [-0.4, -0.2) is 30.5 Å². The lowest BCUT2D eigenvalue weighted by atomic mass is 10.2. The zero-order chi connectivity index (χ0) is 24.5. The molecule has 10 heteroatoms. The van der Waals surface area contributed by atoms with Crippen LogP contribution >= 0.6 is 23.2 Å². The number of ether oxygens (including phenoxy) is 1. The highest BCUT2D eigenvalue weighted by Crippen LogP contribution is 2.22. The normalized spacial score (nSPS) is 10.6. The minimum Gasteiger partial charge on any atom is -0.483 e. The van der Waals surface area contributed by atoms with Gasteiger partial charge in [0.2, 0.25) is 0 Å². The van der Waals surface area contributed by atoms with Gasteiger partial charge in [0.05, 0.1) is 6.21 Å². The molecular formula is C24H20Cl2N4O4. The van der Waals surface area contributed by atoms with Crippen LogP contribution in [0.1, 0.15) is 11.1 Å². The number of carbonyl (C=O) groups excluding carboxylic acids is 3. The first-order valence-corrected chi connectivity index (χ1v) is 10.7. The number of aryl methyl sites for hydroxylation is 1. The lowest BCUT2D eigenvalue weighted by Crippen LogP contribution is -2.32. The SMILES string of the molecule is Cc1ccc(NC(=O)C(=O)N/N=C\c2ccccc2OCC(=O)Nc2cc(Cl)cc(Cl)c2)cc1. The minimum atomic E-state index is -0.935. The Labute approximate surface area is 205 Å². The molecule has 3 rings (SSSR count). The van der Waals surface area contributed by atoms with Crippen LogP contribution in [0, 0.1) is 6.92 Å². The topological polar surface area (TPSA) is 109 Å². The molecule has 0 aliphatic rings. The van der Waals surface area contributed by atoms with Crippen LogP contribution in [0.25, 0.3) is 0 Å². The fourth-order valence-corrected chi connectivity index (χ4v) is 3.25. The Kier molecular flexibility index (Phi) is 8.61. The summed E-state index contributed by atoms with van der Waals surface area (Å²) in [5, 5.41) is 9.69. The van der Waals surface area contributed by atoms with Crippen molar-refractivity contribution in [2.24, 2.45) is 5.10 Å². The summed E-state index contributed by atoms with van der Waals surface area (Å²) in [6.45, 7) is 1.62. The fourth-order valence-electron chi connectivity index (χ4n) is 2.72. The van der Waals surface area contributed by atoms with Crippen LogP contribution in [0.15, 0.2) is 71.8 Å². The van der Waals surface area contributed by atoms with E-state index in [2.05, 4.69) is 21.2 Å². The number of para-hydroxylation sites is 1. The molecule has 0 saturated carbocycles. The van der Waals surface area contributed by atoms with E-state index < -0.39 is 17.7 Å². The molecule has 3 amide bonds. The fraction of sp³-hybridized carbons (Fsp3) is 0.0833. The maximum atomic E-state index is 12.2. The molecule has 0 aliphatic carbocycles. The minimum absolute atomic E-state index is 0.291. The third-order valence-corrected chi connectivity index (χ3v) is 4.75. The molecule has 174 valence electrons. The quantitative estimate of drug-likeness (QED) is 0.254. The van der Waals surface area contributed by atoms with Crippen molar-refractivity contribution in [3.05, 3.63) is 87.9 Å². The van der Waals surface area contributed by atoms with Gasteiger partial charge in [0.15, 0.2) is 6.61 Å². The molecule has 0 spiro atoms. The third kappa shape index (κ3) is 7.61. The second kappa shape index (κ2) is 11.8. The van der Waals surface area contributed by atoms with Crippen molar-refractivity contribution in [2.75, 3.05) is 17.2 Å². The average molecular weight is 499 g/mol. The van der Waals surface area contributed by atoms with E-state index in [0.717, 1.165) is 5.56 Å². The van der Waals surface area contributed by atoms with Gasteiger partial charge in [0.1, 0.15) is 5.75 Å². The summed E-state index contributed by atoms with van der Waals surface area (Å²) in [7, 11) is 0. The van der Waals surface area contributed by atoms with Crippen molar-refractivity contribution in [2.45, 2.75) is 6.92 Å². The number of nitrogens with one attached hydrogen (secondary N) is 3. The van der Waals surface area contributed by atoms with E-state index in [1.807, 2.05) is 19.1 Å². The van der Waals surface area contributed by atoms with Crippen molar-refractivity contribution in [1.82, 2.24) is 5.43 Å².